The van der Waals surface area contributed by atoms with Crippen LogP contribution in [-0.2, 0) is 30.7 Å². The van der Waals surface area contributed by atoms with E-state index in [9.17, 15) is 14.7 Å². The van der Waals surface area contributed by atoms with Crippen molar-refractivity contribution in [2.75, 3.05) is 6.54 Å². The van der Waals surface area contributed by atoms with E-state index in [0.717, 1.165) is 78.5 Å². The summed E-state index contributed by atoms with van der Waals surface area (Å²) in [6, 6.07) is 14.3. The minimum absolute atomic E-state index is 0.0374. The van der Waals surface area contributed by atoms with Crippen LogP contribution in [0.1, 0.15) is 81.8 Å². The van der Waals surface area contributed by atoms with E-state index in [1.165, 1.54) is 11.1 Å². The van der Waals surface area contributed by atoms with E-state index in [-0.39, 0.29) is 18.2 Å². The van der Waals surface area contributed by atoms with Crippen LogP contribution < -0.4 is 0 Å². The van der Waals surface area contributed by atoms with Crippen LogP contribution in [0.2, 0.25) is 0 Å². The second-order valence-corrected chi connectivity index (χ2v) is 10.8. The number of aromatic nitrogens is 4. The largest absolute Gasteiger partial charge is 0.481 e. The molecule has 0 unspecified atom stereocenters. The van der Waals surface area contributed by atoms with Gasteiger partial charge in [-0.1, -0.05) is 48.4 Å². The summed E-state index contributed by atoms with van der Waals surface area (Å²) in [6.45, 7) is 3.91. The van der Waals surface area contributed by atoms with Crippen LogP contribution in [0.4, 0.5) is 0 Å². The summed E-state index contributed by atoms with van der Waals surface area (Å²) in [5.41, 5.74) is 8.38. The fraction of sp³-hybridized carbons (Fsp3) is 0.387. The highest BCUT2D eigenvalue weighted by Crippen LogP contribution is 2.34. The molecule has 7 heterocycles. The summed E-state index contributed by atoms with van der Waals surface area (Å²) in [6.07, 6.45) is 7.81. The molecule has 9 rings (SSSR count). The molecule has 8 heteroatoms. The van der Waals surface area contributed by atoms with Crippen molar-refractivity contribution in [2.24, 2.45) is 0 Å². The molecule has 0 aliphatic carbocycles. The van der Waals surface area contributed by atoms with E-state index in [4.69, 9.17) is 4.98 Å². The highest BCUT2D eigenvalue weighted by atomic mass is 16.4. The van der Waals surface area contributed by atoms with Crippen LogP contribution in [0.3, 0.4) is 0 Å². The predicted octanol–water partition coefficient (Wildman–Crippen LogP) is 5.06. The number of nitrogens with zero attached hydrogens (tertiary/aromatic N) is 5. The minimum Gasteiger partial charge on any atom is -0.481 e. The number of hydrogen-bond acceptors (Lipinski definition) is 5. The van der Waals surface area contributed by atoms with Gasteiger partial charge in [0.15, 0.2) is 5.65 Å². The third-order valence-corrected chi connectivity index (χ3v) is 8.30. The van der Waals surface area contributed by atoms with Gasteiger partial charge in [-0.25, -0.2) is 9.67 Å². The number of carboxylic acid groups (broad SMARTS) is 1. The number of carbonyl (C=O) groups excluding carboxylic acids is 1. The van der Waals surface area contributed by atoms with Crippen LogP contribution >= 0.6 is 0 Å². The van der Waals surface area contributed by atoms with Gasteiger partial charge >= 0.3 is 5.97 Å². The maximum atomic E-state index is 13.4. The lowest BCUT2D eigenvalue weighted by molar-refractivity contribution is -0.137. The number of carbonyl (C=O) groups is 2. The molecule has 1 atom stereocenters. The van der Waals surface area contributed by atoms with Gasteiger partial charge in [0, 0.05) is 37.3 Å². The molecule has 0 radical (unpaired) electrons. The molecule has 9 bridgehead atoms. The summed E-state index contributed by atoms with van der Waals surface area (Å²) in [7, 11) is 0. The average Bonchev–Trinajstić information content (AvgIpc) is 3.36. The van der Waals surface area contributed by atoms with E-state index >= 15 is 0 Å². The molecule has 2 aromatic carbocycles. The Balaban J connectivity index is 1.41. The predicted molar refractivity (Wildman–Crippen MR) is 148 cm³/mol. The van der Waals surface area contributed by atoms with Crippen molar-refractivity contribution in [1.29, 1.82) is 0 Å². The molecule has 1 N–H and O–H groups in total. The SMILES string of the molecule is Cc1c2cnc3c1nnn3CCCCCCc1ccc(cc1)C(=O)N1CCc3ccc(cc3C1)[C@H]2CC(=O)O. The van der Waals surface area contributed by atoms with Crippen molar-refractivity contribution in [3.63, 3.8) is 0 Å². The Morgan fingerprint density at radius 2 is 1.82 bits per heavy atom. The molecule has 200 valence electrons. The van der Waals surface area contributed by atoms with Crippen molar-refractivity contribution in [3.8, 4) is 0 Å². The molecule has 5 aliphatic rings. The Bertz CT molecular complexity index is 1540. The van der Waals surface area contributed by atoms with Gasteiger partial charge in [0.25, 0.3) is 5.91 Å². The summed E-state index contributed by atoms with van der Waals surface area (Å²) >= 11 is 0. The van der Waals surface area contributed by atoms with Crippen molar-refractivity contribution in [2.45, 2.75) is 70.9 Å². The number of aryl methyl sites for hydroxylation is 3. The Labute approximate surface area is 227 Å². The van der Waals surface area contributed by atoms with Crippen molar-refractivity contribution in [1.82, 2.24) is 24.9 Å². The number of benzene rings is 2. The first-order valence-electron chi connectivity index (χ1n) is 13.9. The molecule has 0 spiro atoms. The average molecular weight is 524 g/mol. The molecular weight excluding hydrogens is 490 g/mol. The number of aliphatic carboxylic acids is 1. The standard InChI is InChI=1S/C31H33N5O3/c1-20-27-18-32-30-29(20)33-34-36(30)14-5-3-2-4-6-21-7-9-23(10-8-21)31(39)35-15-13-22-11-12-24(16-25(22)19-35)26(27)17-28(37)38/h7-12,16,18,26H,2-6,13-15,17,19H2,1H3,(H,37,38)/t26-/m1/s1. The number of pyridine rings is 1. The number of hydrogen-bond donors (Lipinski definition) is 1. The Hall–Kier alpha value is -4.07. The molecule has 2 aromatic heterocycles. The van der Waals surface area contributed by atoms with Crippen LogP contribution in [-0.4, -0.2) is 48.4 Å². The monoisotopic (exact) mass is 523 g/mol. The smallest absolute Gasteiger partial charge is 0.304 e. The van der Waals surface area contributed by atoms with E-state index < -0.39 is 5.97 Å². The van der Waals surface area contributed by atoms with E-state index in [2.05, 4.69) is 34.6 Å². The van der Waals surface area contributed by atoms with Gasteiger partial charge in [0.1, 0.15) is 5.52 Å². The normalized spacial score (nSPS) is 18.0. The first-order valence-corrected chi connectivity index (χ1v) is 13.9. The molecule has 0 saturated carbocycles. The number of amides is 1. The first kappa shape index (κ1) is 25.2. The molecule has 4 aromatic rings. The molecular formula is C31H33N5O3. The quantitative estimate of drug-likeness (QED) is 0.394. The summed E-state index contributed by atoms with van der Waals surface area (Å²) in [5.74, 6) is -1.22. The van der Waals surface area contributed by atoms with E-state index in [1.54, 1.807) is 6.20 Å². The van der Waals surface area contributed by atoms with E-state index in [0.29, 0.717) is 18.7 Å². The fourth-order valence-corrected chi connectivity index (χ4v) is 6.03. The van der Waals surface area contributed by atoms with Gasteiger partial charge in [-0.15, -0.1) is 5.10 Å². The number of rotatable bonds is 2. The van der Waals surface area contributed by atoms with Gasteiger partial charge < -0.3 is 10.0 Å². The second kappa shape index (κ2) is 10.6. The van der Waals surface area contributed by atoms with Gasteiger partial charge in [0.05, 0.1) is 6.42 Å². The zero-order valence-corrected chi connectivity index (χ0v) is 22.3. The molecule has 1 amide bonds. The maximum Gasteiger partial charge on any atom is 0.304 e. The van der Waals surface area contributed by atoms with Crippen molar-refractivity contribution < 1.29 is 14.7 Å². The molecule has 0 fully saturated rings. The maximum absolute atomic E-state index is 13.4. The van der Waals surface area contributed by atoms with Crippen molar-refractivity contribution >= 4 is 23.0 Å². The van der Waals surface area contributed by atoms with Gasteiger partial charge in [0.2, 0.25) is 0 Å². The van der Waals surface area contributed by atoms with Gasteiger partial charge in [-0.3, -0.25) is 9.59 Å². The molecule has 39 heavy (non-hydrogen) atoms. The van der Waals surface area contributed by atoms with Crippen LogP contribution in [0, 0.1) is 6.92 Å². The van der Waals surface area contributed by atoms with Crippen LogP contribution in [0.25, 0.3) is 11.2 Å². The minimum atomic E-state index is -0.873. The van der Waals surface area contributed by atoms with Gasteiger partial charge in [-0.05, 0) is 78.1 Å². The lowest BCUT2D eigenvalue weighted by Gasteiger charge is -2.30. The summed E-state index contributed by atoms with van der Waals surface area (Å²) < 4.78 is 1.87. The second-order valence-electron chi connectivity index (χ2n) is 10.8. The van der Waals surface area contributed by atoms with Crippen molar-refractivity contribution in [3.05, 3.63) is 87.6 Å². The highest BCUT2D eigenvalue weighted by molar-refractivity contribution is 5.94. The molecule has 5 aliphatic heterocycles. The lowest BCUT2D eigenvalue weighted by atomic mass is 9.84. The highest BCUT2D eigenvalue weighted by Gasteiger charge is 2.26. The topological polar surface area (TPSA) is 101 Å². The van der Waals surface area contributed by atoms with E-state index in [1.807, 2.05) is 34.7 Å². The third-order valence-electron chi connectivity index (χ3n) is 8.30. The summed E-state index contributed by atoms with van der Waals surface area (Å²) in [4.78, 5) is 32.0. The van der Waals surface area contributed by atoms with Crippen LogP contribution in [0.5, 0.6) is 0 Å². The van der Waals surface area contributed by atoms with Gasteiger partial charge in [-0.2, -0.15) is 0 Å². The van der Waals surface area contributed by atoms with Crippen LogP contribution in [0.15, 0.2) is 48.7 Å². The Morgan fingerprint density at radius 3 is 2.64 bits per heavy atom. The first-order chi connectivity index (χ1) is 19.0. The Kier molecular flexibility index (Phi) is 6.85. The number of carboxylic acids is 1. The molecule has 0 saturated heterocycles. The lowest BCUT2D eigenvalue weighted by Crippen LogP contribution is -2.36. The fourth-order valence-electron chi connectivity index (χ4n) is 6.03. The Morgan fingerprint density at radius 1 is 1.00 bits per heavy atom. The third kappa shape index (κ3) is 5.03. The summed E-state index contributed by atoms with van der Waals surface area (Å²) in [5, 5.41) is 18.7. The zero-order valence-electron chi connectivity index (χ0n) is 22.3. The molecule has 8 nitrogen and oxygen atoms in total. The zero-order chi connectivity index (χ0) is 26.9.